The lowest BCUT2D eigenvalue weighted by Gasteiger charge is -2.07. The number of nitrogens with zero attached hydrogens (tertiary/aromatic N) is 4. The van der Waals surface area contributed by atoms with Crippen LogP contribution >= 0.6 is 0 Å². The number of ether oxygens (including phenoxy) is 2. The van der Waals surface area contributed by atoms with Crippen LogP contribution in [0.5, 0.6) is 5.75 Å². The summed E-state index contributed by atoms with van der Waals surface area (Å²) in [4.78, 5) is 12.4. The van der Waals surface area contributed by atoms with Gasteiger partial charge in [-0.15, -0.1) is 0 Å². The quantitative estimate of drug-likeness (QED) is 0.445. The molecule has 0 aliphatic heterocycles. The molecular weight excluding hydrogens is 394 g/mol. The molecule has 0 unspecified atom stereocenters. The largest absolute Gasteiger partial charge is 0.471 e. The van der Waals surface area contributed by atoms with Gasteiger partial charge in [-0.25, -0.2) is 9.36 Å². The van der Waals surface area contributed by atoms with E-state index >= 15 is 0 Å². The molecule has 0 aliphatic rings. The van der Waals surface area contributed by atoms with Gasteiger partial charge in [-0.1, -0.05) is 42.5 Å². The predicted molar refractivity (Wildman–Crippen MR) is 117 cm³/mol. The van der Waals surface area contributed by atoms with Crippen molar-refractivity contribution in [2.45, 2.75) is 20.4 Å². The molecule has 2 aromatic heterocycles. The Kier molecular flexibility index (Phi) is 6.39. The van der Waals surface area contributed by atoms with E-state index in [1.807, 2.05) is 49.4 Å². The van der Waals surface area contributed by atoms with Gasteiger partial charge in [0.05, 0.1) is 18.1 Å². The number of aromatic nitrogens is 4. The number of carbonyl (C=O) groups excluding carboxylic acids is 1. The van der Waals surface area contributed by atoms with Gasteiger partial charge in [-0.05, 0) is 36.2 Å². The van der Waals surface area contributed by atoms with Crippen molar-refractivity contribution >= 4 is 11.6 Å². The molecule has 1 N–H and O–H groups in total. The van der Waals surface area contributed by atoms with Gasteiger partial charge in [0, 0.05) is 12.8 Å². The molecule has 0 saturated heterocycles. The molecule has 0 bridgehead atoms. The van der Waals surface area contributed by atoms with E-state index in [9.17, 15) is 4.79 Å². The molecule has 0 aliphatic carbocycles. The van der Waals surface area contributed by atoms with E-state index in [0.29, 0.717) is 24.7 Å². The third kappa shape index (κ3) is 5.37. The highest BCUT2D eigenvalue weighted by molar-refractivity contribution is 6.02. The van der Waals surface area contributed by atoms with Crippen LogP contribution in [0.1, 0.15) is 17.4 Å². The zero-order valence-corrected chi connectivity index (χ0v) is 17.1. The summed E-state index contributed by atoms with van der Waals surface area (Å²) in [6, 6.07) is 19.6. The number of anilines is 1. The summed E-state index contributed by atoms with van der Waals surface area (Å²) in [6.07, 6.45) is 4.97. The fraction of sp³-hybridized carbons (Fsp3) is 0.174. The lowest BCUT2D eigenvalue weighted by atomic mass is 10.1. The highest BCUT2D eigenvalue weighted by Crippen LogP contribution is 2.22. The van der Waals surface area contributed by atoms with Gasteiger partial charge in [-0.3, -0.25) is 4.79 Å². The zero-order valence-electron chi connectivity index (χ0n) is 17.1. The fourth-order valence-corrected chi connectivity index (χ4v) is 2.95. The Bertz CT molecular complexity index is 1120. The van der Waals surface area contributed by atoms with Crippen LogP contribution < -0.4 is 10.1 Å². The Morgan fingerprint density at radius 3 is 2.52 bits per heavy atom. The third-order valence-corrected chi connectivity index (χ3v) is 4.52. The molecule has 8 heteroatoms. The van der Waals surface area contributed by atoms with Crippen molar-refractivity contribution < 1.29 is 14.3 Å². The molecule has 0 saturated carbocycles. The Hall–Kier alpha value is -3.91. The Morgan fingerprint density at radius 2 is 1.74 bits per heavy atom. The number of hydrogen-bond acceptors (Lipinski definition) is 5. The normalized spacial score (nSPS) is 10.7. The SMILES string of the molecule is CCOCn1cc(NC(=O)c2ccn(COc3ccc(-c4ccccc4)cc3)n2)cn1. The molecular formula is C23H23N5O3. The Labute approximate surface area is 180 Å². The van der Waals surface area contributed by atoms with E-state index in [0.717, 1.165) is 16.9 Å². The molecule has 4 rings (SSSR count). The highest BCUT2D eigenvalue weighted by Gasteiger charge is 2.11. The molecule has 0 atom stereocenters. The van der Waals surface area contributed by atoms with Crippen LogP contribution in [-0.4, -0.2) is 32.1 Å². The van der Waals surface area contributed by atoms with E-state index in [1.54, 1.807) is 34.0 Å². The van der Waals surface area contributed by atoms with Crippen molar-refractivity contribution in [3.63, 3.8) is 0 Å². The summed E-state index contributed by atoms with van der Waals surface area (Å²) >= 11 is 0. The third-order valence-electron chi connectivity index (χ3n) is 4.52. The smallest absolute Gasteiger partial charge is 0.276 e. The van der Waals surface area contributed by atoms with E-state index in [2.05, 4.69) is 27.6 Å². The second-order valence-electron chi connectivity index (χ2n) is 6.75. The maximum Gasteiger partial charge on any atom is 0.276 e. The second-order valence-corrected chi connectivity index (χ2v) is 6.75. The van der Waals surface area contributed by atoms with Crippen LogP contribution in [0.2, 0.25) is 0 Å². The average molecular weight is 417 g/mol. The van der Waals surface area contributed by atoms with Crippen molar-refractivity contribution in [2.24, 2.45) is 0 Å². The van der Waals surface area contributed by atoms with Gasteiger partial charge < -0.3 is 14.8 Å². The minimum Gasteiger partial charge on any atom is -0.471 e. The first-order valence-electron chi connectivity index (χ1n) is 9.94. The van der Waals surface area contributed by atoms with Crippen LogP contribution in [-0.2, 0) is 18.2 Å². The summed E-state index contributed by atoms with van der Waals surface area (Å²) in [7, 11) is 0. The number of rotatable bonds is 9. The second kappa shape index (κ2) is 9.73. The summed E-state index contributed by atoms with van der Waals surface area (Å²) in [6.45, 7) is 3.04. The van der Waals surface area contributed by atoms with Crippen LogP contribution in [0.25, 0.3) is 11.1 Å². The van der Waals surface area contributed by atoms with Gasteiger partial charge in [0.25, 0.3) is 5.91 Å². The van der Waals surface area contributed by atoms with E-state index in [-0.39, 0.29) is 12.6 Å². The van der Waals surface area contributed by atoms with E-state index in [4.69, 9.17) is 9.47 Å². The molecule has 0 radical (unpaired) electrons. The molecule has 2 heterocycles. The molecule has 158 valence electrons. The number of carbonyl (C=O) groups is 1. The van der Waals surface area contributed by atoms with Crippen molar-refractivity contribution in [2.75, 3.05) is 11.9 Å². The summed E-state index contributed by atoms with van der Waals surface area (Å²) < 4.78 is 14.2. The van der Waals surface area contributed by atoms with Crippen LogP contribution in [0.15, 0.2) is 79.3 Å². The topological polar surface area (TPSA) is 83.2 Å². The number of hydrogen-bond donors (Lipinski definition) is 1. The summed E-state index contributed by atoms with van der Waals surface area (Å²) in [5.74, 6) is 0.407. The number of amides is 1. The van der Waals surface area contributed by atoms with Crippen molar-refractivity contribution in [3.05, 3.63) is 84.9 Å². The lowest BCUT2D eigenvalue weighted by Crippen LogP contribution is -2.14. The first kappa shape index (κ1) is 20.4. The maximum absolute atomic E-state index is 12.4. The first-order valence-corrected chi connectivity index (χ1v) is 9.94. The monoisotopic (exact) mass is 417 g/mol. The van der Waals surface area contributed by atoms with Gasteiger partial charge in [0.2, 0.25) is 0 Å². The Morgan fingerprint density at radius 1 is 0.968 bits per heavy atom. The molecule has 0 fully saturated rings. The number of nitrogens with one attached hydrogen (secondary N) is 1. The fourth-order valence-electron chi connectivity index (χ4n) is 2.95. The van der Waals surface area contributed by atoms with Gasteiger partial charge >= 0.3 is 0 Å². The van der Waals surface area contributed by atoms with Crippen LogP contribution in [0.3, 0.4) is 0 Å². The van der Waals surface area contributed by atoms with Gasteiger partial charge in [0.1, 0.15) is 12.5 Å². The van der Waals surface area contributed by atoms with Crippen molar-refractivity contribution in [1.82, 2.24) is 19.6 Å². The minimum atomic E-state index is -0.318. The zero-order chi connectivity index (χ0) is 21.5. The maximum atomic E-state index is 12.4. The van der Waals surface area contributed by atoms with E-state index in [1.165, 1.54) is 0 Å². The van der Waals surface area contributed by atoms with Crippen molar-refractivity contribution in [1.29, 1.82) is 0 Å². The molecule has 1 amide bonds. The standard InChI is InChI=1S/C23H23N5O3/c1-2-30-16-28-15-20(14-24-28)25-23(29)22-12-13-27(26-22)17-31-21-10-8-19(9-11-21)18-6-4-3-5-7-18/h3-15H,2,16-17H2,1H3,(H,25,29). The number of benzene rings is 2. The lowest BCUT2D eigenvalue weighted by molar-refractivity contribution is 0.0792. The molecule has 2 aromatic carbocycles. The Balaban J connectivity index is 1.30. The molecule has 31 heavy (non-hydrogen) atoms. The van der Waals surface area contributed by atoms with Crippen LogP contribution in [0, 0.1) is 0 Å². The van der Waals surface area contributed by atoms with Crippen molar-refractivity contribution in [3.8, 4) is 16.9 Å². The van der Waals surface area contributed by atoms with Gasteiger partial charge in [0.15, 0.2) is 12.4 Å². The summed E-state index contributed by atoms with van der Waals surface area (Å²) in [5.41, 5.74) is 3.14. The first-order chi connectivity index (χ1) is 15.2. The molecule has 8 nitrogen and oxygen atoms in total. The predicted octanol–water partition coefficient (Wildman–Crippen LogP) is 4.03. The van der Waals surface area contributed by atoms with Crippen LogP contribution in [0.4, 0.5) is 5.69 Å². The summed E-state index contributed by atoms with van der Waals surface area (Å²) in [5, 5.41) is 11.2. The van der Waals surface area contributed by atoms with E-state index < -0.39 is 0 Å². The average Bonchev–Trinajstić information content (AvgIpc) is 3.47. The highest BCUT2D eigenvalue weighted by atomic mass is 16.5. The molecule has 4 aromatic rings. The molecule has 0 spiro atoms. The minimum absolute atomic E-state index is 0.199. The van der Waals surface area contributed by atoms with Gasteiger partial charge in [-0.2, -0.15) is 10.2 Å².